The molecule has 0 spiro atoms. The van der Waals surface area contributed by atoms with E-state index in [-0.39, 0.29) is 42.0 Å². The zero-order valence-corrected chi connectivity index (χ0v) is 30.3. The van der Waals surface area contributed by atoms with Gasteiger partial charge in [0.2, 0.25) is 11.9 Å². The topological polar surface area (TPSA) is 150 Å². The molecule has 3 aromatic heterocycles. The fourth-order valence-electron chi connectivity index (χ4n) is 5.82. The minimum absolute atomic E-state index is 0.00537. The predicted molar refractivity (Wildman–Crippen MR) is 182 cm³/mol. The summed E-state index contributed by atoms with van der Waals surface area (Å²) in [5.41, 5.74) is 2.42. The smallest absolute Gasteiger partial charge is 0.270 e. The first kappa shape index (κ1) is 36.4. The summed E-state index contributed by atoms with van der Waals surface area (Å²) in [6.45, 7) is 13.6. The highest BCUT2D eigenvalue weighted by Gasteiger charge is 2.34. The van der Waals surface area contributed by atoms with E-state index in [0.717, 1.165) is 43.7 Å². The number of ether oxygens (including phenoxy) is 1. The molecular formula is C32H48FN7O5SSi. The number of rotatable bonds is 14. The lowest BCUT2D eigenvalue weighted by molar-refractivity contribution is -0.119. The van der Waals surface area contributed by atoms with Gasteiger partial charge in [-0.1, -0.05) is 39.4 Å². The summed E-state index contributed by atoms with van der Waals surface area (Å²) >= 11 is 0. The van der Waals surface area contributed by atoms with Crippen molar-refractivity contribution in [3.63, 3.8) is 0 Å². The predicted octanol–water partition coefficient (Wildman–Crippen LogP) is 4.82. The van der Waals surface area contributed by atoms with Gasteiger partial charge in [0, 0.05) is 44.0 Å². The van der Waals surface area contributed by atoms with E-state index in [9.17, 15) is 18.0 Å². The van der Waals surface area contributed by atoms with Crippen LogP contribution in [0.1, 0.15) is 54.5 Å². The lowest BCUT2D eigenvalue weighted by atomic mass is 9.79. The Bertz CT molecular complexity index is 1680. The Morgan fingerprint density at radius 3 is 2.45 bits per heavy atom. The van der Waals surface area contributed by atoms with E-state index in [2.05, 4.69) is 52.4 Å². The number of carbonyl (C=O) groups excluding carboxylic acids is 2. The Hall–Kier alpha value is -3.43. The van der Waals surface area contributed by atoms with Crippen molar-refractivity contribution in [3.05, 3.63) is 47.4 Å². The first-order chi connectivity index (χ1) is 22.0. The lowest BCUT2D eigenvalue weighted by Crippen LogP contribution is -2.49. The average Bonchev–Trinajstić information content (AvgIpc) is 3.56. The molecule has 1 fully saturated rings. The van der Waals surface area contributed by atoms with E-state index in [1.165, 1.54) is 16.9 Å². The van der Waals surface area contributed by atoms with Crippen LogP contribution >= 0.6 is 0 Å². The van der Waals surface area contributed by atoms with Crippen LogP contribution < -0.4 is 10.6 Å². The van der Waals surface area contributed by atoms with Gasteiger partial charge in [-0.3, -0.25) is 14.3 Å². The highest BCUT2D eigenvalue weighted by Crippen LogP contribution is 2.32. The lowest BCUT2D eigenvalue weighted by Gasteiger charge is -2.32. The molecule has 258 valence electrons. The molecule has 0 saturated heterocycles. The van der Waals surface area contributed by atoms with Crippen LogP contribution in [0.15, 0.2) is 24.4 Å². The van der Waals surface area contributed by atoms with Gasteiger partial charge in [0.25, 0.3) is 5.91 Å². The molecule has 0 aromatic carbocycles. The Labute approximate surface area is 277 Å². The number of carbonyl (C=O) groups is 2. The van der Waals surface area contributed by atoms with Crippen molar-refractivity contribution in [1.82, 2.24) is 29.9 Å². The maximum atomic E-state index is 15.5. The van der Waals surface area contributed by atoms with Crippen molar-refractivity contribution in [2.45, 2.75) is 91.5 Å². The first-order valence-electron chi connectivity index (χ1n) is 16.1. The van der Waals surface area contributed by atoms with Gasteiger partial charge >= 0.3 is 0 Å². The molecule has 0 unspecified atom stereocenters. The van der Waals surface area contributed by atoms with Crippen LogP contribution in [0.4, 0.5) is 10.2 Å². The van der Waals surface area contributed by atoms with Gasteiger partial charge in [-0.05, 0) is 62.8 Å². The molecule has 0 radical (unpaired) electrons. The molecule has 1 aliphatic rings. The second-order valence-electron chi connectivity index (χ2n) is 14.0. The maximum Gasteiger partial charge on any atom is 0.270 e. The molecule has 0 aliphatic heterocycles. The SMILES string of the molecule is Cc1nn(COCC[Si](C)(C)C)c(C)c1-c1ccc(NC(=O)[C@@H](NC(=O)c2ccnn2CCS(C)(=O)=O)[C@H]2CC[C@H](C)CC2)nc1F. The molecule has 2 amide bonds. The number of hydrogen-bond acceptors (Lipinski definition) is 8. The van der Waals surface area contributed by atoms with Crippen molar-refractivity contribution < 1.29 is 27.1 Å². The van der Waals surface area contributed by atoms with Gasteiger partial charge in [-0.2, -0.15) is 14.6 Å². The fraction of sp³-hybridized carbons (Fsp3) is 0.594. The normalized spacial score (nSPS) is 17.8. The van der Waals surface area contributed by atoms with Crippen LogP contribution in [0.5, 0.6) is 0 Å². The standard InChI is InChI=1S/C32H48FN7O5SSi/c1-21-8-10-24(11-9-21)29(37-31(41)26-14-15-34-39(26)16-18-46(4,43)44)32(42)36-27-13-12-25(30(33)35-27)28-22(2)38-40(23(28)3)20-45-17-19-47(5,6)7/h12-15,21,24,29H,8-11,16-20H2,1-7H3,(H,37,41)(H,35,36,42)/t21-,24-,29-/m0/s1. The Balaban J connectivity index is 1.50. The zero-order chi connectivity index (χ0) is 34.5. The van der Waals surface area contributed by atoms with Crippen LogP contribution in [-0.4, -0.2) is 77.5 Å². The summed E-state index contributed by atoms with van der Waals surface area (Å²) in [5, 5.41) is 14.2. The Morgan fingerprint density at radius 1 is 1.11 bits per heavy atom. The van der Waals surface area contributed by atoms with E-state index in [4.69, 9.17) is 4.74 Å². The Kier molecular flexibility index (Phi) is 11.8. The number of aryl methyl sites for hydroxylation is 2. The van der Waals surface area contributed by atoms with Gasteiger partial charge in [-0.25, -0.2) is 18.1 Å². The quantitative estimate of drug-likeness (QED) is 0.139. The van der Waals surface area contributed by atoms with Gasteiger partial charge in [0.05, 0.1) is 18.0 Å². The van der Waals surface area contributed by atoms with Gasteiger partial charge in [0.1, 0.15) is 34.1 Å². The third-order valence-corrected chi connectivity index (χ3v) is 11.3. The second kappa shape index (κ2) is 15.2. The summed E-state index contributed by atoms with van der Waals surface area (Å²) in [6, 6.07) is 4.71. The van der Waals surface area contributed by atoms with E-state index in [0.29, 0.717) is 23.8 Å². The monoisotopic (exact) mass is 689 g/mol. The number of anilines is 1. The molecule has 2 N–H and O–H groups in total. The maximum absolute atomic E-state index is 15.5. The molecule has 1 atom stereocenters. The molecule has 3 heterocycles. The van der Waals surface area contributed by atoms with E-state index < -0.39 is 41.7 Å². The molecule has 47 heavy (non-hydrogen) atoms. The Morgan fingerprint density at radius 2 is 1.81 bits per heavy atom. The number of nitrogens with zero attached hydrogens (tertiary/aromatic N) is 5. The summed E-state index contributed by atoms with van der Waals surface area (Å²) in [4.78, 5) is 31.1. The molecular weight excluding hydrogens is 642 g/mol. The third-order valence-electron chi connectivity index (χ3n) is 8.68. The van der Waals surface area contributed by atoms with Gasteiger partial charge in [0.15, 0.2) is 0 Å². The first-order valence-corrected chi connectivity index (χ1v) is 21.9. The summed E-state index contributed by atoms with van der Waals surface area (Å²) < 4.78 is 47.8. The largest absolute Gasteiger partial charge is 0.360 e. The molecule has 3 aromatic rings. The number of pyridine rings is 1. The number of sulfone groups is 1. The van der Waals surface area contributed by atoms with Crippen LogP contribution in [0.3, 0.4) is 0 Å². The molecule has 0 bridgehead atoms. The number of halogens is 1. The van der Waals surface area contributed by atoms with Crippen LogP contribution in [0.2, 0.25) is 25.7 Å². The van der Waals surface area contributed by atoms with E-state index in [1.807, 2.05) is 13.8 Å². The number of amides is 2. The highest BCUT2D eigenvalue weighted by molar-refractivity contribution is 7.90. The van der Waals surface area contributed by atoms with Crippen LogP contribution in [-0.2, 0) is 32.6 Å². The van der Waals surface area contributed by atoms with Crippen LogP contribution in [0.25, 0.3) is 11.1 Å². The van der Waals surface area contributed by atoms with Crippen molar-refractivity contribution >= 4 is 35.5 Å². The number of hydrogen-bond donors (Lipinski definition) is 2. The second-order valence-corrected chi connectivity index (χ2v) is 21.8. The molecule has 4 rings (SSSR count). The summed E-state index contributed by atoms with van der Waals surface area (Å²) in [6.07, 6.45) is 5.82. The van der Waals surface area contributed by atoms with Gasteiger partial charge in [-0.15, -0.1) is 0 Å². The van der Waals surface area contributed by atoms with Crippen molar-refractivity contribution in [2.24, 2.45) is 11.8 Å². The highest BCUT2D eigenvalue weighted by atomic mass is 32.2. The minimum atomic E-state index is -3.28. The molecule has 1 saturated carbocycles. The summed E-state index contributed by atoms with van der Waals surface area (Å²) in [5.74, 6) is -1.59. The third kappa shape index (κ3) is 10.0. The van der Waals surface area contributed by atoms with Crippen LogP contribution in [0, 0.1) is 31.6 Å². The average molecular weight is 690 g/mol. The van der Waals surface area contributed by atoms with Gasteiger partial charge < -0.3 is 15.4 Å². The molecule has 12 nitrogen and oxygen atoms in total. The number of nitrogens with one attached hydrogen (secondary N) is 2. The summed E-state index contributed by atoms with van der Waals surface area (Å²) in [7, 11) is -4.51. The van der Waals surface area contributed by atoms with Crippen molar-refractivity contribution in [1.29, 1.82) is 0 Å². The van der Waals surface area contributed by atoms with Crippen molar-refractivity contribution in [2.75, 3.05) is 23.9 Å². The number of aromatic nitrogens is 5. The van der Waals surface area contributed by atoms with E-state index in [1.54, 1.807) is 16.8 Å². The fourth-order valence-corrected chi connectivity index (χ4v) is 7.09. The minimum Gasteiger partial charge on any atom is -0.360 e. The zero-order valence-electron chi connectivity index (χ0n) is 28.5. The molecule has 15 heteroatoms. The molecule has 1 aliphatic carbocycles. The van der Waals surface area contributed by atoms with Crippen molar-refractivity contribution in [3.8, 4) is 11.1 Å². The van der Waals surface area contributed by atoms with E-state index >= 15 is 4.39 Å².